The predicted octanol–water partition coefficient (Wildman–Crippen LogP) is 6.92. The molecule has 1 atom stereocenters. The second-order valence-corrected chi connectivity index (χ2v) is 8.10. The lowest BCUT2D eigenvalue weighted by molar-refractivity contribution is 1.05. The monoisotopic (exact) mass is 354 g/mol. The van der Waals surface area contributed by atoms with Gasteiger partial charge in [-0.25, -0.2) is 0 Å². The van der Waals surface area contributed by atoms with Gasteiger partial charge in [0.25, 0.3) is 0 Å². The maximum atomic E-state index is 2.42. The topological polar surface area (TPSA) is 0 Å². The van der Waals surface area contributed by atoms with Crippen LogP contribution in [-0.4, -0.2) is 0 Å². The Labute approximate surface area is 164 Å². The van der Waals surface area contributed by atoms with Crippen molar-refractivity contribution in [3.63, 3.8) is 0 Å². The summed E-state index contributed by atoms with van der Waals surface area (Å²) in [7, 11) is 0. The van der Waals surface area contributed by atoms with Crippen LogP contribution in [0.1, 0.15) is 39.3 Å². The summed E-state index contributed by atoms with van der Waals surface area (Å²) in [6, 6.07) is 31.5. The highest BCUT2D eigenvalue weighted by Gasteiger charge is 2.37. The van der Waals surface area contributed by atoms with Gasteiger partial charge in [-0.3, -0.25) is 0 Å². The molecular weight excluding hydrogens is 336 g/mol. The van der Waals surface area contributed by atoms with Crippen LogP contribution in [0.5, 0.6) is 0 Å². The molecule has 0 saturated carbocycles. The van der Waals surface area contributed by atoms with Gasteiger partial charge in [0.2, 0.25) is 0 Å². The summed E-state index contributed by atoms with van der Waals surface area (Å²) in [6.45, 7) is 0. The van der Waals surface area contributed by atoms with Crippen LogP contribution in [0.2, 0.25) is 0 Å². The second-order valence-electron chi connectivity index (χ2n) is 8.10. The van der Waals surface area contributed by atoms with Gasteiger partial charge in [0.15, 0.2) is 0 Å². The Morgan fingerprint density at radius 1 is 0.571 bits per heavy atom. The molecule has 7 rings (SSSR count). The highest BCUT2D eigenvalue weighted by molar-refractivity contribution is 6.05. The van der Waals surface area contributed by atoms with E-state index in [1.54, 1.807) is 0 Å². The minimum absolute atomic E-state index is 0.363. The fraction of sp³-hybridized carbons (Fsp3) is 0.0714. The summed E-state index contributed by atoms with van der Waals surface area (Å²) in [5, 5.41) is 0. The van der Waals surface area contributed by atoms with Crippen LogP contribution in [0.3, 0.4) is 0 Å². The molecule has 0 fully saturated rings. The van der Waals surface area contributed by atoms with Gasteiger partial charge < -0.3 is 0 Å². The van der Waals surface area contributed by atoms with Gasteiger partial charge in [-0.15, -0.1) is 0 Å². The van der Waals surface area contributed by atoms with Gasteiger partial charge in [0.1, 0.15) is 0 Å². The van der Waals surface area contributed by atoms with Crippen LogP contribution in [0, 0.1) is 0 Å². The SMILES string of the molecule is C1=C2c3ccc4c(c3-c3ccccc3C2c2ccccc21)Cc1ccccc1-4. The first-order valence-electron chi connectivity index (χ1n) is 10.0. The first kappa shape index (κ1) is 14.6. The highest BCUT2D eigenvalue weighted by atomic mass is 14.4. The fourth-order valence-corrected chi connectivity index (χ4v) is 5.63. The molecule has 0 N–H and O–H groups in total. The Bertz CT molecular complexity index is 1340. The van der Waals surface area contributed by atoms with Crippen LogP contribution < -0.4 is 0 Å². The number of benzene rings is 4. The van der Waals surface area contributed by atoms with Gasteiger partial charge in [0.05, 0.1) is 0 Å². The van der Waals surface area contributed by atoms with Crippen molar-refractivity contribution in [2.45, 2.75) is 12.3 Å². The molecule has 0 aromatic heterocycles. The zero-order valence-electron chi connectivity index (χ0n) is 15.4. The van der Waals surface area contributed by atoms with E-state index in [-0.39, 0.29) is 0 Å². The lowest BCUT2D eigenvalue weighted by Crippen LogP contribution is -2.11. The van der Waals surface area contributed by atoms with E-state index in [1.807, 2.05) is 0 Å². The van der Waals surface area contributed by atoms with Crippen LogP contribution in [0.4, 0.5) is 0 Å². The molecule has 0 heterocycles. The molecule has 4 aromatic carbocycles. The number of hydrogen-bond donors (Lipinski definition) is 0. The smallest absolute Gasteiger partial charge is 0.0358 e. The van der Waals surface area contributed by atoms with Gasteiger partial charge >= 0.3 is 0 Å². The number of hydrogen-bond acceptors (Lipinski definition) is 0. The minimum atomic E-state index is 0.363. The summed E-state index contributed by atoms with van der Waals surface area (Å²) in [5.41, 5.74) is 15.8. The first-order valence-corrected chi connectivity index (χ1v) is 10.0. The van der Waals surface area contributed by atoms with E-state index in [4.69, 9.17) is 0 Å². The zero-order chi connectivity index (χ0) is 18.2. The van der Waals surface area contributed by atoms with Crippen molar-refractivity contribution >= 4 is 11.6 Å². The molecule has 4 aromatic rings. The van der Waals surface area contributed by atoms with E-state index < -0.39 is 0 Å². The molecule has 0 radical (unpaired) electrons. The second kappa shape index (κ2) is 5.11. The van der Waals surface area contributed by atoms with E-state index in [0.29, 0.717) is 5.92 Å². The van der Waals surface area contributed by atoms with Crippen molar-refractivity contribution < 1.29 is 0 Å². The van der Waals surface area contributed by atoms with Crippen molar-refractivity contribution in [1.82, 2.24) is 0 Å². The molecule has 0 amide bonds. The van der Waals surface area contributed by atoms with Crippen molar-refractivity contribution in [2.75, 3.05) is 0 Å². The van der Waals surface area contributed by atoms with Crippen LogP contribution in [0.25, 0.3) is 33.9 Å². The minimum Gasteiger partial charge on any atom is -0.0619 e. The lowest BCUT2D eigenvalue weighted by Gasteiger charge is -2.30. The van der Waals surface area contributed by atoms with E-state index in [1.165, 1.54) is 61.2 Å². The van der Waals surface area contributed by atoms with E-state index in [2.05, 4.69) is 91.0 Å². The standard InChI is InChI=1S/C28H18/c1-3-9-19-17(7-1)15-25-21(19)13-14-24-26-16-18-8-2-4-10-20(18)27(26)22-11-5-6-12-23(22)28(24)25/h1-14,16,27H,15H2. The van der Waals surface area contributed by atoms with Gasteiger partial charge in [-0.05, 0) is 73.7 Å². The Kier molecular flexibility index (Phi) is 2.67. The van der Waals surface area contributed by atoms with Gasteiger partial charge in [0, 0.05) is 5.92 Å². The third-order valence-electron chi connectivity index (χ3n) is 6.77. The fourth-order valence-electron chi connectivity index (χ4n) is 5.63. The van der Waals surface area contributed by atoms with Crippen molar-refractivity contribution in [3.05, 3.63) is 118 Å². The van der Waals surface area contributed by atoms with Crippen molar-refractivity contribution in [3.8, 4) is 22.3 Å². The number of allylic oxidation sites excluding steroid dienone is 1. The van der Waals surface area contributed by atoms with Crippen molar-refractivity contribution in [2.24, 2.45) is 0 Å². The van der Waals surface area contributed by atoms with E-state index >= 15 is 0 Å². The predicted molar refractivity (Wildman–Crippen MR) is 116 cm³/mol. The molecule has 130 valence electrons. The third kappa shape index (κ3) is 1.71. The van der Waals surface area contributed by atoms with E-state index in [0.717, 1.165) is 6.42 Å². The van der Waals surface area contributed by atoms with Crippen LogP contribution >= 0.6 is 0 Å². The largest absolute Gasteiger partial charge is 0.0619 e. The number of fused-ring (bicyclic) bond motifs is 12. The molecule has 3 aliphatic carbocycles. The average molecular weight is 354 g/mol. The summed E-state index contributed by atoms with van der Waals surface area (Å²) in [5.74, 6) is 0.363. The Hall–Kier alpha value is -3.38. The summed E-state index contributed by atoms with van der Waals surface area (Å²) >= 11 is 0. The lowest BCUT2D eigenvalue weighted by atomic mass is 9.73. The molecule has 0 heteroatoms. The quantitative estimate of drug-likeness (QED) is 0.283. The summed E-state index contributed by atoms with van der Waals surface area (Å²) in [6.07, 6.45) is 3.46. The Morgan fingerprint density at radius 2 is 1.29 bits per heavy atom. The summed E-state index contributed by atoms with van der Waals surface area (Å²) < 4.78 is 0. The molecule has 28 heavy (non-hydrogen) atoms. The molecule has 0 aliphatic heterocycles. The molecule has 0 spiro atoms. The third-order valence-corrected chi connectivity index (χ3v) is 6.77. The van der Waals surface area contributed by atoms with Gasteiger partial charge in [-0.1, -0.05) is 84.9 Å². The molecule has 3 aliphatic rings. The number of rotatable bonds is 0. The summed E-state index contributed by atoms with van der Waals surface area (Å²) in [4.78, 5) is 0. The Morgan fingerprint density at radius 3 is 2.21 bits per heavy atom. The normalized spacial score (nSPS) is 17.0. The molecular formula is C28H18. The Balaban J connectivity index is 1.57. The molecule has 0 saturated heterocycles. The maximum Gasteiger partial charge on any atom is 0.0358 e. The molecule has 1 unspecified atom stereocenters. The molecule has 0 nitrogen and oxygen atoms in total. The van der Waals surface area contributed by atoms with E-state index in [9.17, 15) is 0 Å². The zero-order valence-corrected chi connectivity index (χ0v) is 15.4. The first-order chi connectivity index (χ1) is 13.9. The van der Waals surface area contributed by atoms with Gasteiger partial charge in [-0.2, -0.15) is 0 Å². The average Bonchev–Trinajstić information content (AvgIpc) is 3.32. The molecule has 0 bridgehead atoms. The van der Waals surface area contributed by atoms with Crippen LogP contribution in [0.15, 0.2) is 84.9 Å². The highest BCUT2D eigenvalue weighted by Crippen LogP contribution is 2.56. The van der Waals surface area contributed by atoms with Crippen LogP contribution in [-0.2, 0) is 6.42 Å². The maximum absolute atomic E-state index is 2.42. The van der Waals surface area contributed by atoms with Crippen molar-refractivity contribution in [1.29, 1.82) is 0 Å².